The summed E-state index contributed by atoms with van der Waals surface area (Å²) < 4.78 is 13.9. The largest absolute Gasteiger partial charge is 0.378 e. The molecule has 1 atom stereocenters. The molecule has 0 saturated carbocycles. The Morgan fingerprint density at radius 2 is 2.10 bits per heavy atom. The highest BCUT2D eigenvalue weighted by Gasteiger charge is 2.29. The summed E-state index contributed by atoms with van der Waals surface area (Å²) in [6, 6.07) is 9.75. The van der Waals surface area contributed by atoms with Gasteiger partial charge in [0.05, 0.1) is 0 Å². The van der Waals surface area contributed by atoms with Crippen LogP contribution in [0.1, 0.15) is 11.7 Å². The zero-order valence-corrected chi connectivity index (χ0v) is 12.5. The highest BCUT2D eigenvalue weighted by Crippen LogP contribution is 2.41. The number of nitrogens with one attached hydrogen (secondary N) is 1. The lowest BCUT2D eigenvalue weighted by molar-refractivity contribution is -0.123. The smallest absolute Gasteiger partial charge is 0.257 e. The van der Waals surface area contributed by atoms with Crippen molar-refractivity contribution in [1.29, 1.82) is 0 Å². The van der Waals surface area contributed by atoms with Gasteiger partial charge in [-0.15, -0.1) is 0 Å². The molecule has 1 aliphatic heterocycles. The van der Waals surface area contributed by atoms with Crippen LogP contribution in [0.15, 0.2) is 50.7 Å². The molecule has 0 spiro atoms. The molecule has 1 heterocycles. The molecule has 0 aliphatic carbocycles. The summed E-state index contributed by atoms with van der Waals surface area (Å²) in [6.45, 7) is 0. The van der Waals surface area contributed by atoms with E-state index in [1.54, 1.807) is 24.3 Å². The van der Waals surface area contributed by atoms with E-state index >= 15 is 0 Å². The number of fused-ring (bicyclic) bond motifs is 1. The summed E-state index contributed by atoms with van der Waals surface area (Å²) in [6.07, 6.45) is -1.13. The van der Waals surface area contributed by atoms with Crippen LogP contribution in [0.25, 0.3) is 0 Å². The molecular weight excluding hydrogens is 345 g/mol. The minimum atomic E-state index is -1.13. The van der Waals surface area contributed by atoms with Crippen molar-refractivity contribution in [3.63, 3.8) is 0 Å². The van der Waals surface area contributed by atoms with Gasteiger partial charge in [-0.2, -0.15) is 0 Å². The van der Waals surface area contributed by atoms with Gasteiger partial charge in [0.15, 0.2) is 6.10 Å². The van der Waals surface area contributed by atoms with E-state index in [2.05, 4.69) is 21.2 Å². The SMILES string of the molecule is O=C1Nc2cc(Sc3cccc(F)c3)c(Br)cc2C1O. The zero-order valence-electron chi connectivity index (χ0n) is 10.1. The number of hydrogen-bond donors (Lipinski definition) is 2. The van der Waals surface area contributed by atoms with E-state index in [1.165, 1.54) is 23.9 Å². The summed E-state index contributed by atoms with van der Waals surface area (Å²) >= 11 is 4.79. The summed E-state index contributed by atoms with van der Waals surface area (Å²) in [5.41, 5.74) is 1.13. The van der Waals surface area contributed by atoms with Crippen LogP contribution in [0.2, 0.25) is 0 Å². The van der Waals surface area contributed by atoms with Gasteiger partial charge in [0, 0.05) is 25.5 Å². The van der Waals surface area contributed by atoms with Gasteiger partial charge >= 0.3 is 0 Å². The van der Waals surface area contributed by atoms with Crippen LogP contribution >= 0.6 is 27.7 Å². The third-order valence-corrected chi connectivity index (χ3v) is 4.89. The van der Waals surface area contributed by atoms with Crippen LogP contribution in [-0.4, -0.2) is 11.0 Å². The van der Waals surface area contributed by atoms with Gasteiger partial charge in [-0.25, -0.2) is 4.39 Å². The Kier molecular flexibility index (Phi) is 3.54. The fourth-order valence-corrected chi connectivity index (χ4v) is 3.49. The maximum Gasteiger partial charge on any atom is 0.257 e. The molecule has 0 aromatic heterocycles. The van der Waals surface area contributed by atoms with E-state index in [0.717, 1.165) is 14.3 Å². The maximum absolute atomic E-state index is 13.2. The lowest BCUT2D eigenvalue weighted by Crippen LogP contribution is -2.10. The number of carbonyl (C=O) groups is 1. The number of rotatable bonds is 2. The molecule has 0 fully saturated rings. The van der Waals surface area contributed by atoms with E-state index in [9.17, 15) is 14.3 Å². The normalized spacial score (nSPS) is 16.9. The molecule has 2 aromatic carbocycles. The van der Waals surface area contributed by atoms with E-state index in [0.29, 0.717) is 11.3 Å². The van der Waals surface area contributed by atoms with Gasteiger partial charge in [0.1, 0.15) is 5.82 Å². The van der Waals surface area contributed by atoms with Crippen molar-refractivity contribution < 1.29 is 14.3 Å². The molecule has 1 unspecified atom stereocenters. The second-order valence-corrected chi connectivity index (χ2v) is 6.29. The van der Waals surface area contributed by atoms with Gasteiger partial charge in [-0.05, 0) is 46.3 Å². The Morgan fingerprint density at radius 1 is 1.30 bits per heavy atom. The van der Waals surface area contributed by atoms with E-state index in [-0.39, 0.29) is 5.82 Å². The van der Waals surface area contributed by atoms with Gasteiger partial charge < -0.3 is 10.4 Å². The van der Waals surface area contributed by atoms with E-state index < -0.39 is 12.0 Å². The molecule has 0 saturated heterocycles. The Labute approximate surface area is 127 Å². The molecule has 102 valence electrons. The van der Waals surface area contributed by atoms with E-state index in [1.807, 2.05) is 0 Å². The fourth-order valence-electron chi connectivity index (χ4n) is 1.98. The summed E-state index contributed by atoms with van der Waals surface area (Å²) in [4.78, 5) is 13.0. The average Bonchev–Trinajstić information content (AvgIpc) is 2.66. The number of aliphatic hydroxyl groups is 1. The standard InChI is InChI=1S/C14H9BrFNO2S/c15-10-5-9-11(17-14(19)13(9)18)6-12(10)20-8-3-1-2-7(16)4-8/h1-6,13,18H,(H,17,19). The maximum atomic E-state index is 13.2. The first-order chi connectivity index (χ1) is 9.54. The molecule has 2 N–H and O–H groups in total. The molecule has 1 aliphatic rings. The lowest BCUT2D eigenvalue weighted by atomic mass is 10.1. The monoisotopic (exact) mass is 353 g/mol. The van der Waals surface area contributed by atoms with Crippen molar-refractivity contribution in [2.75, 3.05) is 5.32 Å². The first-order valence-corrected chi connectivity index (χ1v) is 7.41. The van der Waals surface area contributed by atoms with Crippen molar-refractivity contribution in [2.45, 2.75) is 15.9 Å². The molecule has 0 radical (unpaired) electrons. The first-order valence-electron chi connectivity index (χ1n) is 5.80. The number of hydrogen-bond acceptors (Lipinski definition) is 3. The Hall–Kier alpha value is -1.37. The van der Waals surface area contributed by atoms with Crippen LogP contribution in [0.3, 0.4) is 0 Å². The summed E-state index contributed by atoms with van der Waals surface area (Å²) in [5.74, 6) is -0.726. The van der Waals surface area contributed by atoms with Crippen LogP contribution in [0, 0.1) is 5.82 Å². The van der Waals surface area contributed by atoms with Gasteiger partial charge in [-0.1, -0.05) is 17.8 Å². The second-order valence-electron chi connectivity index (χ2n) is 4.32. The number of anilines is 1. The van der Waals surface area contributed by atoms with Crippen LogP contribution in [-0.2, 0) is 4.79 Å². The lowest BCUT2D eigenvalue weighted by Gasteiger charge is -2.08. The van der Waals surface area contributed by atoms with E-state index in [4.69, 9.17) is 0 Å². The molecule has 6 heteroatoms. The molecular formula is C14H9BrFNO2S. The number of halogens is 2. The topological polar surface area (TPSA) is 49.3 Å². The van der Waals surface area contributed by atoms with Gasteiger partial charge in [0.25, 0.3) is 5.91 Å². The third-order valence-electron chi connectivity index (χ3n) is 2.93. The predicted octanol–water partition coefficient (Wildman–Crippen LogP) is 3.72. The summed E-state index contributed by atoms with van der Waals surface area (Å²) in [7, 11) is 0. The highest BCUT2D eigenvalue weighted by molar-refractivity contribution is 9.10. The van der Waals surface area contributed by atoms with Gasteiger partial charge in [-0.3, -0.25) is 4.79 Å². The molecule has 20 heavy (non-hydrogen) atoms. The quantitative estimate of drug-likeness (QED) is 0.864. The molecule has 3 nitrogen and oxygen atoms in total. The number of benzene rings is 2. The number of amides is 1. The Morgan fingerprint density at radius 3 is 2.85 bits per heavy atom. The van der Waals surface area contributed by atoms with Crippen molar-refractivity contribution in [3.05, 3.63) is 52.3 Å². The number of carbonyl (C=O) groups excluding carboxylic acids is 1. The van der Waals surface area contributed by atoms with Crippen molar-refractivity contribution >= 4 is 39.3 Å². The van der Waals surface area contributed by atoms with Crippen molar-refractivity contribution in [1.82, 2.24) is 0 Å². The van der Waals surface area contributed by atoms with Gasteiger partial charge in [0.2, 0.25) is 0 Å². The Balaban J connectivity index is 1.96. The van der Waals surface area contributed by atoms with Crippen molar-refractivity contribution in [3.8, 4) is 0 Å². The molecule has 3 rings (SSSR count). The minimum Gasteiger partial charge on any atom is -0.378 e. The predicted molar refractivity (Wildman–Crippen MR) is 78.3 cm³/mol. The minimum absolute atomic E-state index is 0.295. The highest BCUT2D eigenvalue weighted by atomic mass is 79.9. The second kappa shape index (κ2) is 5.20. The number of aliphatic hydroxyl groups excluding tert-OH is 1. The first kappa shape index (κ1) is 13.6. The molecule has 0 bridgehead atoms. The van der Waals surface area contributed by atoms with Crippen LogP contribution in [0.4, 0.5) is 10.1 Å². The molecule has 1 amide bonds. The van der Waals surface area contributed by atoms with Crippen LogP contribution in [0.5, 0.6) is 0 Å². The van der Waals surface area contributed by atoms with Crippen LogP contribution < -0.4 is 5.32 Å². The summed E-state index contributed by atoms with van der Waals surface area (Å²) in [5, 5.41) is 12.3. The third kappa shape index (κ3) is 2.46. The zero-order chi connectivity index (χ0) is 14.3. The average molecular weight is 354 g/mol. The Bertz CT molecular complexity index is 708. The molecule has 2 aromatic rings. The fraction of sp³-hybridized carbons (Fsp3) is 0.0714. The van der Waals surface area contributed by atoms with Crippen molar-refractivity contribution in [2.24, 2.45) is 0 Å².